The van der Waals surface area contributed by atoms with E-state index in [-0.39, 0.29) is 0 Å². The highest BCUT2D eigenvalue weighted by Gasteiger charge is 1.97. The van der Waals surface area contributed by atoms with E-state index in [4.69, 9.17) is 0 Å². The molecule has 2 heteroatoms. The molecule has 0 heterocycles. The van der Waals surface area contributed by atoms with Crippen molar-refractivity contribution >= 4 is 11.7 Å². The Kier molecular flexibility index (Phi) is 8.94. The normalized spacial score (nSPS) is 9.30. The van der Waals surface area contributed by atoms with Gasteiger partial charge in [-0.3, -0.25) is 0 Å². The van der Waals surface area contributed by atoms with Crippen molar-refractivity contribution in [1.82, 2.24) is 0 Å². The molecule has 106 valence electrons. The maximum atomic E-state index is 4.29. The Bertz CT molecular complexity index is 500. The van der Waals surface area contributed by atoms with E-state index in [0.717, 1.165) is 37.1 Å². The molecule has 0 atom stereocenters. The Balaban J connectivity index is 2.59. The summed E-state index contributed by atoms with van der Waals surface area (Å²) in [6, 6.07) is 10.8. The Labute approximate surface area is 123 Å². The van der Waals surface area contributed by atoms with E-state index in [0.29, 0.717) is 0 Å². The quantitative estimate of drug-likeness (QED) is 0.376. The summed E-state index contributed by atoms with van der Waals surface area (Å²) in [5, 5.41) is 0. The van der Waals surface area contributed by atoms with Gasteiger partial charge in [0.1, 0.15) is 0 Å². The van der Waals surface area contributed by atoms with Crippen LogP contribution in [-0.4, -0.2) is 12.6 Å². The van der Waals surface area contributed by atoms with Crippen LogP contribution in [0.15, 0.2) is 34.3 Å². The summed E-state index contributed by atoms with van der Waals surface area (Å²) < 4.78 is 0. The van der Waals surface area contributed by atoms with Crippen molar-refractivity contribution < 1.29 is 0 Å². The predicted octanol–water partition coefficient (Wildman–Crippen LogP) is 5.03. The van der Waals surface area contributed by atoms with Gasteiger partial charge in [0.25, 0.3) is 0 Å². The summed E-state index contributed by atoms with van der Waals surface area (Å²) in [5.41, 5.74) is 2.07. The molecule has 0 spiro atoms. The standard InChI is InChI=1S/C18H24N2/c1-3-5-6-7-8-9-12-17-13-10-11-14-18(17)20-16-19-15-4-2/h10-11,13-14H,3-7,12,15H2,1-2H3. The van der Waals surface area contributed by atoms with Gasteiger partial charge in [0.05, 0.1) is 11.7 Å². The van der Waals surface area contributed by atoms with Gasteiger partial charge in [0.2, 0.25) is 0 Å². The lowest BCUT2D eigenvalue weighted by molar-refractivity contribution is 0.737. The first-order valence-corrected chi connectivity index (χ1v) is 7.54. The fraction of sp³-hybridized carbons (Fsp3) is 0.500. The van der Waals surface area contributed by atoms with Gasteiger partial charge in [-0.2, -0.15) is 4.99 Å². The van der Waals surface area contributed by atoms with Gasteiger partial charge in [0.15, 0.2) is 0 Å². The van der Waals surface area contributed by atoms with E-state index in [1.165, 1.54) is 19.3 Å². The molecule has 2 nitrogen and oxygen atoms in total. The van der Waals surface area contributed by atoms with Crippen LogP contribution in [0.25, 0.3) is 0 Å². The minimum atomic E-state index is 0.751. The fourth-order valence-electron chi connectivity index (χ4n) is 1.73. The van der Waals surface area contributed by atoms with Crippen LogP contribution in [0.4, 0.5) is 5.69 Å². The molecule has 0 aliphatic heterocycles. The maximum Gasteiger partial charge on any atom is 0.0949 e. The van der Waals surface area contributed by atoms with Crippen LogP contribution in [0, 0.1) is 11.8 Å². The predicted molar refractivity (Wildman–Crippen MR) is 86.7 cm³/mol. The molecule has 0 aromatic heterocycles. The van der Waals surface area contributed by atoms with Gasteiger partial charge in [-0.1, -0.05) is 50.8 Å². The smallest absolute Gasteiger partial charge is 0.0949 e. The Morgan fingerprint density at radius 2 is 1.85 bits per heavy atom. The van der Waals surface area contributed by atoms with E-state index in [1.54, 1.807) is 0 Å². The number of para-hydroxylation sites is 1. The summed E-state index contributed by atoms with van der Waals surface area (Å²) in [6.45, 7) is 5.08. The van der Waals surface area contributed by atoms with Gasteiger partial charge < -0.3 is 0 Å². The molecule has 1 aromatic rings. The molecule has 1 rings (SSSR count). The fourth-order valence-corrected chi connectivity index (χ4v) is 1.73. The molecule has 1 aromatic carbocycles. The third kappa shape index (κ3) is 6.92. The van der Waals surface area contributed by atoms with E-state index in [1.807, 2.05) is 18.2 Å². The zero-order chi connectivity index (χ0) is 14.5. The van der Waals surface area contributed by atoms with Crippen LogP contribution in [-0.2, 0) is 6.42 Å². The molecule has 0 amide bonds. The van der Waals surface area contributed by atoms with E-state index in [2.05, 4.69) is 47.7 Å². The summed E-state index contributed by atoms with van der Waals surface area (Å²) >= 11 is 0. The van der Waals surface area contributed by atoms with Crippen LogP contribution < -0.4 is 0 Å². The Morgan fingerprint density at radius 1 is 1.00 bits per heavy atom. The molecule has 0 fully saturated rings. The second kappa shape index (κ2) is 11.0. The number of nitrogens with zero attached hydrogens (tertiary/aromatic N) is 2. The number of unbranched alkanes of at least 4 members (excludes halogenated alkanes) is 3. The number of aliphatic imine (C=N–C) groups is 2. The van der Waals surface area contributed by atoms with Gasteiger partial charge >= 0.3 is 0 Å². The van der Waals surface area contributed by atoms with Crippen molar-refractivity contribution in [2.24, 2.45) is 9.98 Å². The summed E-state index contributed by atoms with van der Waals surface area (Å²) in [6.07, 6.45) is 6.48. The minimum Gasteiger partial charge on any atom is -0.225 e. The molecule has 0 N–H and O–H groups in total. The summed E-state index contributed by atoms with van der Waals surface area (Å²) in [4.78, 5) is 8.39. The highest BCUT2D eigenvalue weighted by atomic mass is 14.8. The average molecular weight is 268 g/mol. The molecule has 0 saturated heterocycles. The van der Waals surface area contributed by atoms with Gasteiger partial charge in [-0.05, 0) is 24.5 Å². The first kappa shape index (κ1) is 16.2. The monoisotopic (exact) mass is 268 g/mol. The van der Waals surface area contributed by atoms with E-state index >= 15 is 0 Å². The number of hydrogen-bond donors (Lipinski definition) is 0. The van der Waals surface area contributed by atoms with Crippen molar-refractivity contribution in [3.63, 3.8) is 0 Å². The average Bonchev–Trinajstić information content (AvgIpc) is 2.48. The SMILES string of the molecule is CCCCCC#CCc1ccccc1N=C=NCCC. The second-order valence-corrected chi connectivity index (χ2v) is 4.71. The zero-order valence-corrected chi connectivity index (χ0v) is 12.7. The summed E-state index contributed by atoms with van der Waals surface area (Å²) in [5.74, 6) is 6.47. The molecular weight excluding hydrogens is 244 g/mol. The number of rotatable bonds is 7. The molecule has 0 bridgehead atoms. The highest BCUT2D eigenvalue weighted by Crippen LogP contribution is 2.18. The maximum absolute atomic E-state index is 4.29. The van der Waals surface area contributed by atoms with Gasteiger partial charge in [-0.25, -0.2) is 4.99 Å². The van der Waals surface area contributed by atoms with Crippen molar-refractivity contribution in [1.29, 1.82) is 0 Å². The largest absolute Gasteiger partial charge is 0.225 e. The van der Waals surface area contributed by atoms with Crippen molar-refractivity contribution in [3.8, 4) is 11.8 Å². The number of hydrogen-bond acceptors (Lipinski definition) is 2. The zero-order valence-electron chi connectivity index (χ0n) is 12.7. The van der Waals surface area contributed by atoms with Crippen molar-refractivity contribution in [2.75, 3.05) is 6.54 Å². The van der Waals surface area contributed by atoms with Crippen LogP contribution in [0.2, 0.25) is 0 Å². The van der Waals surface area contributed by atoms with Crippen LogP contribution >= 0.6 is 0 Å². The second-order valence-electron chi connectivity index (χ2n) is 4.71. The first-order valence-electron chi connectivity index (χ1n) is 7.54. The summed E-state index contributed by atoms with van der Waals surface area (Å²) in [7, 11) is 0. The molecule has 0 aliphatic rings. The van der Waals surface area contributed by atoms with Gasteiger partial charge in [-0.15, -0.1) is 5.92 Å². The van der Waals surface area contributed by atoms with Crippen LogP contribution in [0.5, 0.6) is 0 Å². The minimum absolute atomic E-state index is 0.751. The molecule has 20 heavy (non-hydrogen) atoms. The van der Waals surface area contributed by atoms with Crippen molar-refractivity contribution in [2.45, 2.75) is 52.4 Å². The van der Waals surface area contributed by atoms with Crippen LogP contribution in [0.1, 0.15) is 51.5 Å². The van der Waals surface area contributed by atoms with E-state index < -0.39 is 0 Å². The number of benzene rings is 1. The third-order valence-electron chi connectivity index (χ3n) is 2.88. The molecular formula is C18H24N2. The first-order chi connectivity index (χ1) is 9.88. The van der Waals surface area contributed by atoms with Crippen molar-refractivity contribution in [3.05, 3.63) is 29.8 Å². The lowest BCUT2D eigenvalue weighted by Gasteiger charge is -1.98. The molecule has 0 unspecified atom stereocenters. The lowest BCUT2D eigenvalue weighted by Crippen LogP contribution is -1.82. The molecule has 0 saturated carbocycles. The third-order valence-corrected chi connectivity index (χ3v) is 2.88. The lowest BCUT2D eigenvalue weighted by atomic mass is 10.1. The van der Waals surface area contributed by atoms with Crippen LogP contribution in [0.3, 0.4) is 0 Å². The molecule has 0 radical (unpaired) electrons. The van der Waals surface area contributed by atoms with E-state index in [9.17, 15) is 0 Å². The Hall–Kier alpha value is -1.84. The highest BCUT2D eigenvalue weighted by molar-refractivity contribution is 5.56. The van der Waals surface area contributed by atoms with Gasteiger partial charge in [0, 0.05) is 19.4 Å². The topological polar surface area (TPSA) is 24.7 Å². The Morgan fingerprint density at radius 3 is 2.65 bits per heavy atom. The molecule has 0 aliphatic carbocycles.